The van der Waals surface area contributed by atoms with E-state index in [1.165, 1.54) is 21.3 Å². The van der Waals surface area contributed by atoms with E-state index in [4.69, 9.17) is 21.1 Å². The molecule has 1 aliphatic heterocycles. The molecule has 7 nitrogen and oxygen atoms in total. The number of carbonyl (C=O) groups excluding carboxylic acids is 1. The van der Waals surface area contributed by atoms with Crippen molar-refractivity contribution >= 4 is 27.5 Å². The molecular weight excluding hydrogens is 452 g/mol. The van der Waals surface area contributed by atoms with Crippen molar-refractivity contribution in [1.29, 1.82) is 0 Å². The molecule has 1 heterocycles. The summed E-state index contributed by atoms with van der Waals surface area (Å²) in [5, 5.41) is 0.116. The second-order valence-corrected chi connectivity index (χ2v) is 10.2. The highest BCUT2D eigenvalue weighted by atomic mass is 35.5. The van der Waals surface area contributed by atoms with Gasteiger partial charge in [-0.25, -0.2) is 8.42 Å². The number of ether oxygens (including phenoxy) is 2. The molecule has 3 rings (SSSR count). The Morgan fingerprint density at radius 2 is 1.69 bits per heavy atom. The van der Waals surface area contributed by atoms with Crippen LogP contribution in [-0.2, 0) is 16.6 Å². The summed E-state index contributed by atoms with van der Waals surface area (Å²) in [4.78, 5) is 14.6. The van der Waals surface area contributed by atoms with Gasteiger partial charge in [0.15, 0.2) is 11.5 Å². The van der Waals surface area contributed by atoms with Crippen LogP contribution in [0.25, 0.3) is 0 Å². The van der Waals surface area contributed by atoms with Gasteiger partial charge in [-0.2, -0.15) is 4.31 Å². The van der Waals surface area contributed by atoms with E-state index in [1.807, 2.05) is 19.1 Å². The van der Waals surface area contributed by atoms with E-state index in [2.05, 4.69) is 0 Å². The van der Waals surface area contributed by atoms with Crippen molar-refractivity contribution in [2.45, 2.75) is 37.6 Å². The molecule has 0 unspecified atom stereocenters. The van der Waals surface area contributed by atoms with Crippen molar-refractivity contribution in [1.82, 2.24) is 9.21 Å². The first kappa shape index (κ1) is 24.4. The van der Waals surface area contributed by atoms with Crippen LogP contribution in [0.2, 0.25) is 5.02 Å². The molecule has 2 aromatic rings. The summed E-state index contributed by atoms with van der Waals surface area (Å²) in [6, 6.07) is 8.11. The van der Waals surface area contributed by atoms with Crippen molar-refractivity contribution in [3.8, 4) is 11.5 Å². The maximum atomic E-state index is 13.1. The minimum atomic E-state index is -3.76. The number of aryl methyl sites for hydroxylation is 1. The molecule has 9 heteroatoms. The summed E-state index contributed by atoms with van der Waals surface area (Å²) >= 11 is 6.24. The minimum absolute atomic E-state index is 0.0254. The molecule has 174 valence electrons. The minimum Gasteiger partial charge on any atom is -0.493 e. The van der Waals surface area contributed by atoms with E-state index < -0.39 is 10.0 Å². The number of benzene rings is 2. The zero-order chi connectivity index (χ0) is 23.5. The van der Waals surface area contributed by atoms with Gasteiger partial charge in [0.2, 0.25) is 10.0 Å². The Hall–Kier alpha value is -2.29. The third kappa shape index (κ3) is 5.03. The van der Waals surface area contributed by atoms with Crippen LogP contribution < -0.4 is 9.47 Å². The van der Waals surface area contributed by atoms with Crippen LogP contribution in [0.5, 0.6) is 11.5 Å². The fourth-order valence-corrected chi connectivity index (χ4v) is 5.84. The van der Waals surface area contributed by atoms with Gasteiger partial charge < -0.3 is 14.4 Å². The highest BCUT2D eigenvalue weighted by Gasteiger charge is 2.29. The highest BCUT2D eigenvalue weighted by Crippen LogP contribution is 2.31. The number of nitrogens with zero attached hydrogens (tertiary/aromatic N) is 2. The van der Waals surface area contributed by atoms with E-state index in [1.54, 1.807) is 27.3 Å². The fraction of sp³-hybridized carbons (Fsp3) is 0.435. The number of carbonyl (C=O) groups is 1. The predicted molar refractivity (Wildman–Crippen MR) is 124 cm³/mol. The second kappa shape index (κ2) is 10.1. The van der Waals surface area contributed by atoms with Crippen LogP contribution in [0.15, 0.2) is 35.2 Å². The normalized spacial score (nSPS) is 14.8. The molecule has 1 amide bonds. The molecular formula is C23H29ClN2O5S. The van der Waals surface area contributed by atoms with Gasteiger partial charge in [-0.1, -0.05) is 18.0 Å². The molecule has 1 fully saturated rings. The molecule has 1 saturated heterocycles. The highest BCUT2D eigenvalue weighted by molar-refractivity contribution is 7.89. The average Bonchev–Trinajstić information content (AvgIpc) is 2.80. The van der Waals surface area contributed by atoms with E-state index in [0.717, 1.165) is 30.4 Å². The van der Waals surface area contributed by atoms with Crippen molar-refractivity contribution in [2.24, 2.45) is 0 Å². The first-order valence-corrected chi connectivity index (χ1v) is 12.3. The molecule has 0 N–H and O–H groups in total. The lowest BCUT2D eigenvalue weighted by molar-refractivity contribution is 0.0784. The first-order valence-electron chi connectivity index (χ1n) is 10.5. The molecule has 0 spiro atoms. The number of methoxy groups -OCH3 is 2. The summed E-state index contributed by atoms with van der Waals surface area (Å²) in [6.07, 6.45) is 2.66. The summed E-state index contributed by atoms with van der Waals surface area (Å²) < 4.78 is 38.4. The Morgan fingerprint density at radius 3 is 2.31 bits per heavy atom. The summed E-state index contributed by atoms with van der Waals surface area (Å²) in [5.41, 5.74) is 2.12. The summed E-state index contributed by atoms with van der Waals surface area (Å²) in [5.74, 6) is 0.897. The van der Waals surface area contributed by atoms with Crippen LogP contribution in [0, 0.1) is 6.92 Å². The van der Waals surface area contributed by atoms with E-state index in [-0.39, 0.29) is 21.4 Å². The Bertz CT molecular complexity index is 1100. The number of amides is 1. The van der Waals surface area contributed by atoms with Gasteiger partial charge in [-0.3, -0.25) is 4.79 Å². The number of piperidine rings is 1. The lowest BCUT2D eigenvalue weighted by Gasteiger charge is -2.26. The fourth-order valence-electron chi connectivity index (χ4n) is 3.82. The Morgan fingerprint density at radius 1 is 1.06 bits per heavy atom. The van der Waals surface area contributed by atoms with Crippen LogP contribution >= 0.6 is 11.6 Å². The first-order chi connectivity index (χ1) is 15.2. The van der Waals surface area contributed by atoms with Crippen LogP contribution in [0.3, 0.4) is 0 Å². The molecule has 1 aliphatic rings. The Kier molecular flexibility index (Phi) is 7.69. The number of sulfonamides is 1. The number of halogens is 1. The average molecular weight is 481 g/mol. The van der Waals surface area contributed by atoms with Gasteiger partial charge in [0, 0.05) is 32.2 Å². The molecule has 0 radical (unpaired) electrons. The molecule has 0 saturated carbocycles. The largest absolute Gasteiger partial charge is 0.493 e. The van der Waals surface area contributed by atoms with Crippen LogP contribution in [0.4, 0.5) is 0 Å². The molecule has 0 bridgehead atoms. The number of rotatable bonds is 7. The maximum Gasteiger partial charge on any atom is 0.253 e. The SMILES string of the molecule is COc1cc(C)c(CN(C)C(=O)c2ccc(Cl)c(S(=O)(=O)N3CCCCC3)c2)cc1OC. The second-order valence-electron chi connectivity index (χ2n) is 7.90. The summed E-state index contributed by atoms with van der Waals surface area (Å²) in [6.45, 7) is 3.19. The van der Waals surface area contributed by atoms with Crippen molar-refractivity contribution in [3.63, 3.8) is 0 Å². The quantitative estimate of drug-likeness (QED) is 0.596. The molecule has 2 aromatic carbocycles. The number of hydrogen-bond acceptors (Lipinski definition) is 5. The lowest BCUT2D eigenvalue weighted by atomic mass is 10.1. The van der Waals surface area contributed by atoms with E-state index >= 15 is 0 Å². The maximum absolute atomic E-state index is 13.1. The van der Waals surface area contributed by atoms with E-state index in [9.17, 15) is 13.2 Å². The van der Waals surface area contributed by atoms with Gasteiger partial charge in [-0.15, -0.1) is 0 Å². The molecule has 32 heavy (non-hydrogen) atoms. The third-order valence-electron chi connectivity index (χ3n) is 5.71. The van der Waals surface area contributed by atoms with Gasteiger partial charge in [0.05, 0.1) is 19.2 Å². The smallest absolute Gasteiger partial charge is 0.253 e. The van der Waals surface area contributed by atoms with Crippen LogP contribution in [-0.4, -0.2) is 57.9 Å². The van der Waals surface area contributed by atoms with E-state index in [0.29, 0.717) is 31.1 Å². The van der Waals surface area contributed by atoms with Gasteiger partial charge in [0.1, 0.15) is 4.90 Å². The standard InChI is InChI=1S/C23H29ClN2O5S/c1-16-12-20(30-3)21(31-4)13-18(16)15-25(2)23(27)17-8-9-19(24)22(14-17)32(28,29)26-10-6-5-7-11-26/h8-9,12-14H,5-7,10-11,15H2,1-4H3. The molecule has 0 atom stereocenters. The topological polar surface area (TPSA) is 76.2 Å². The Balaban J connectivity index is 1.86. The monoisotopic (exact) mass is 480 g/mol. The van der Waals surface area contributed by atoms with Gasteiger partial charge in [-0.05, 0) is 61.2 Å². The van der Waals surface area contributed by atoms with Crippen molar-refractivity contribution < 1.29 is 22.7 Å². The third-order valence-corrected chi connectivity index (χ3v) is 8.09. The van der Waals surface area contributed by atoms with Gasteiger partial charge >= 0.3 is 0 Å². The number of hydrogen-bond donors (Lipinski definition) is 0. The van der Waals surface area contributed by atoms with Crippen LogP contribution in [0.1, 0.15) is 40.7 Å². The lowest BCUT2D eigenvalue weighted by Crippen LogP contribution is -2.36. The zero-order valence-corrected chi connectivity index (χ0v) is 20.4. The predicted octanol–water partition coefficient (Wildman–Crippen LogP) is 4.11. The summed E-state index contributed by atoms with van der Waals surface area (Å²) in [7, 11) is 1.05. The zero-order valence-electron chi connectivity index (χ0n) is 18.9. The molecule has 0 aliphatic carbocycles. The molecule has 0 aromatic heterocycles. The van der Waals surface area contributed by atoms with Gasteiger partial charge in [0.25, 0.3) is 5.91 Å². The van der Waals surface area contributed by atoms with Crippen molar-refractivity contribution in [2.75, 3.05) is 34.4 Å². The Labute approximate surface area is 194 Å². The van der Waals surface area contributed by atoms with Crippen molar-refractivity contribution in [3.05, 3.63) is 52.0 Å².